The van der Waals surface area contributed by atoms with E-state index in [9.17, 15) is 4.79 Å². The third-order valence-electron chi connectivity index (χ3n) is 2.81. The van der Waals surface area contributed by atoms with Gasteiger partial charge in [-0.2, -0.15) is 0 Å². The smallest absolute Gasteiger partial charge is 0.181 e. The minimum Gasteiger partial charge on any atom is -0.494 e. The summed E-state index contributed by atoms with van der Waals surface area (Å²) in [5, 5.41) is 3.09. The number of aliphatic imine (C=N–C) groups is 1. The van der Waals surface area contributed by atoms with Gasteiger partial charge in [-0.15, -0.1) is 0 Å². The number of ether oxygens (including phenoxy) is 1. The van der Waals surface area contributed by atoms with E-state index in [-0.39, 0.29) is 5.78 Å². The predicted octanol–water partition coefficient (Wildman–Crippen LogP) is 2.05. The summed E-state index contributed by atoms with van der Waals surface area (Å²) >= 11 is 0. The summed E-state index contributed by atoms with van der Waals surface area (Å²) in [6.07, 6.45) is 2.04. The lowest BCUT2D eigenvalue weighted by atomic mass is 10.1. The van der Waals surface area contributed by atoms with E-state index in [4.69, 9.17) is 4.74 Å². The van der Waals surface area contributed by atoms with Gasteiger partial charge < -0.3 is 10.1 Å². The molecule has 0 radical (unpaired) electrons. The maximum Gasteiger partial charge on any atom is 0.181 e. The number of benzene rings is 1. The van der Waals surface area contributed by atoms with Crippen molar-refractivity contribution in [2.24, 2.45) is 4.99 Å². The van der Waals surface area contributed by atoms with E-state index in [0.717, 1.165) is 31.0 Å². The van der Waals surface area contributed by atoms with Crippen LogP contribution in [0.5, 0.6) is 5.75 Å². The summed E-state index contributed by atoms with van der Waals surface area (Å²) < 4.78 is 5.34. The van der Waals surface area contributed by atoms with Crippen LogP contribution in [0, 0.1) is 0 Å². The molecule has 0 spiro atoms. The Bertz CT molecular complexity index is 438. The maximum absolute atomic E-state index is 11.9. The van der Waals surface area contributed by atoms with Crippen molar-refractivity contribution in [1.82, 2.24) is 5.32 Å². The molecule has 1 aromatic rings. The van der Waals surface area contributed by atoms with Gasteiger partial charge in [0.1, 0.15) is 5.75 Å². The number of rotatable bonds is 5. The van der Waals surface area contributed by atoms with Crippen LogP contribution in [0.15, 0.2) is 29.3 Å². The number of ketones is 1. The molecule has 0 unspecified atom stereocenters. The molecule has 0 amide bonds. The van der Waals surface area contributed by atoms with Gasteiger partial charge in [0.15, 0.2) is 5.78 Å². The van der Waals surface area contributed by atoms with Gasteiger partial charge in [0.05, 0.1) is 19.0 Å². The molecule has 0 bridgehead atoms. The highest BCUT2D eigenvalue weighted by Gasteiger charge is 2.09. The number of amidine groups is 1. The zero-order valence-corrected chi connectivity index (χ0v) is 10.6. The lowest BCUT2D eigenvalue weighted by Crippen LogP contribution is -2.28. The molecule has 0 fully saturated rings. The minimum absolute atomic E-state index is 0.0765. The molecular formula is C14H18N2O2. The van der Waals surface area contributed by atoms with E-state index in [1.807, 2.05) is 19.1 Å². The van der Waals surface area contributed by atoms with E-state index < -0.39 is 0 Å². The quantitative estimate of drug-likeness (QED) is 0.809. The molecule has 1 heterocycles. The molecular weight excluding hydrogens is 228 g/mol. The van der Waals surface area contributed by atoms with Gasteiger partial charge in [0.2, 0.25) is 0 Å². The number of hydrogen-bond donors (Lipinski definition) is 1. The summed E-state index contributed by atoms with van der Waals surface area (Å²) in [6.45, 7) is 3.76. The van der Waals surface area contributed by atoms with E-state index in [1.165, 1.54) is 0 Å². The molecule has 1 aliphatic heterocycles. The number of Topliss-reactive ketones (excluding diaryl/α,β-unsaturated/α-hetero) is 1. The monoisotopic (exact) mass is 246 g/mol. The van der Waals surface area contributed by atoms with Crippen molar-refractivity contribution in [1.29, 1.82) is 0 Å². The highest BCUT2D eigenvalue weighted by Crippen LogP contribution is 2.12. The highest BCUT2D eigenvalue weighted by molar-refractivity contribution is 6.00. The Balaban J connectivity index is 1.87. The number of nitrogens with one attached hydrogen (secondary N) is 1. The third-order valence-corrected chi connectivity index (χ3v) is 2.81. The van der Waals surface area contributed by atoms with E-state index >= 15 is 0 Å². The molecule has 1 N–H and O–H groups in total. The summed E-state index contributed by atoms with van der Waals surface area (Å²) in [4.78, 5) is 16.2. The fourth-order valence-corrected chi connectivity index (χ4v) is 1.87. The molecule has 1 aliphatic rings. The second kappa shape index (κ2) is 6.19. The van der Waals surface area contributed by atoms with Gasteiger partial charge in [0, 0.05) is 18.5 Å². The molecule has 4 nitrogen and oxygen atoms in total. The highest BCUT2D eigenvalue weighted by atomic mass is 16.5. The average Bonchev–Trinajstić information content (AvgIpc) is 2.90. The van der Waals surface area contributed by atoms with Gasteiger partial charge in [-0.25, -0.2) is 0 Å². The Morgan fingerprint density at radius 3 is 2.78 bits per heavy atom. The van der Waals surface area contributed by atoms with Gasteiger partial charge in [-0.1, -0.05) is 0 Å². The molecule has 0 aliphatic carbocycles. The lowest BCUT2D eigenvalue weighted by molar-refractivity contribution is 0.0996. The Labute approximate surface area is 107 Å². The summed E-state index contributed by atoms with van der Waals surface area (Å²) in [5.74, 6) is 1.82. The standard InChI is InChI=1S/C14H18N2O2/c1-2-18-12-7-5-11(6-8-12)13(17)10-16-14-4-3-9-15-14/h5-8H,2-4,9-10H2,1H3,(H,15,16). The first-order valence-electron chi connectivity index (χ1n) is 6.33. The molecule has 0 aromatic heterocycles. The fourth-order valence-electron chi connectivity index (χ4n) is 1.87. The van der Waals surface area contributed by atoms with Crippen LogP contribution in [0.4, 0.5) is 0 Å². The summed E-state index contributed by atoms with van der Waals surface area (Å²) in [7, 11) is 0. The van der Waals surface area contributed by atoms with Crippen molar-refractivity contribution >= 4 is 11.6 Å². The first kappa shape index (κ1) is 12.6. The van der Waals surface area contributed by atoms with Crippen LogP contribution in [0.2, 0.25) is 0 Å². The molecule has 0 atom stereocenters. The van der Waals surface area contributed by atoms with Crippen LogP contribution in [0.3, 0.4) is 0 Å². The van der Waals surface area contributed by atoms with E-state index in [0.29, 0.717) is 18.7 Å². The number of nitrogens with zero attached hydrogens (tertiary/aromatic N) is 1. The maximum atomic E-state index is 11.9. The van der Waals surface area contributed by atoms with Gasteiger partial charge in [-0.05, 0) is 37.6 Å². The largest absolute Gasteiger partial charge is 0.494 e. The average molecular weight is 246 g/mol. The molecule has 96 valence electrons. The second-order valence-corrected chi connectivity index (χ2v) is 4.17. The van der Waals surface area contributed by atoms with Crippen LogP contribution >= 0.6 is 0 Å². The van der Waals surface area contributed by atoms with Gasteiger partial charge >= 0.3 is 0 Å². The van der Waals surface area contributed by atoms with E-state index in [1.54, 1.807) is 12.1 Å². The number of carbonyl (C=O) groups is 1. The van der Waals surface area contributed by atoms with Crippen molar-refractivity contribution in [2.45, 2.75) is 19.8 Å². The first-order chi connectivity index (χ1) is 8.79. The van der Waals surface area contributed by atoms with Gasteiger partial charge in [-0.3, -0.25) is 9.79 Å². The molecule has 0 saturated carbocycles. The minimum atomic E-state index is 0.0765. The van der Waals surface area contributed by atoms with Crippen LogP contribution in [0.1, 0.15) is 30.1 Å². The molecule has 2 rings (SSSR count). The molecule has 1 aromatic carbocycles. The Morgan fingerprint density at radius 2 is 2.17 bits per heavy atom. The predicted molar refractivity (Wildman–Crippen MR) is 71.5 cm³/mol. The van der Waals surface area contributed by atoms with Crippen molar-refractivity contribution in [3.8, 4) is 5.75 Å². The molecule has 0 saturated heterocycles. The van der Waals surface area contributed by atoms with Crippen LogP contribution in [-0.2, 0) is 0 Å². The third kappa shape index (κ3) is 3.32. The molecule has 18 heavy (non-hydrogen) atoms. The van der Waals surface area contributed by atoms with Crippen LogP contribution < -0.4 is 10.1 Å². The van der Waals surface area contributed by atoms with Crippen LogP contribution in [0.25, 0.3) is 0 Å². The van der Waals surface area contributed by atoms with Crippen molar-refractivity contribution in [3.63, 3.8) is 0 Å². The van der Waals surface area contributed by atoms with Crippen molar-refractivity contribution in [3.05, 3.63) is 29.8 Å². The molecule has 4 heteroatoms. The fraction of sp³-hybridized carbons (Fsp3) is 0.429. The second-order valence-electron chi connectivity index (χ2n) is 4.17. The van der Waals surface area contributed by atoms with Crippen LogP contribution in [-0.4, -0.2) is 31.3 Å². The SMILES string of the molecule is CCOc1ccc(C(=O)CNC2=NCCC2)cc1. The zero-order chi connectivity index (χ0) is 12.8. The van der Waals surface area contributed by atoms with Crippen molar-refractivity contribution in [2.75, 3.05) is 19.7 Å². The first-order valence-corrected chi connectivity index (χ1v) is 6.33. The topological polar surface area (TPSA) is 50.7 Å². The normalized spacial score (nSPS) is 14.2. The van der Waals surface area contributed by atoms with Gasteiger partial charge in [0.25, 0.3) is 0 Å². The zero-order valence-electron chi connectivity index (χ0n) is 10.6. The number of carbonyl (C=O) groups excluding carboxylic acids is 1. The van der Waals surface area contributed by atoms with E-state index in [2.05, 4.69) is 10.3 Å². The Hall–Kier alpha value is -1.84. The summed E-state index contributed by atoms with van der Waals surface area (Å²) in [5.41, 5.74) is 0.699. The van der Waals surface area contributed by atoms with Crippen molar-refractivity contribution < 1.29 is 9.53 Å². The Kier molecular flexibility index (Phi) is 4.34. The lowest BCUT2D eigenvalue weighted by Gasteiger charge is -2.06. The Morgan fingerprint density at radius 1 is 1.39 bits per heavy atom. The summed E-state index contributed by atoms with van der Waals surface area (Å²) in [6, 6.07) is 7.24. The number of hydrogen-bond acceptors (Lipinski definition) is 4.